The van der Waals surface area contributed by atoms with Gasteiger partial charge in [0.2, 0.25) is 6.41 Å². The van der Waals surface area contributed by atoms with Crippen molar-refractivity contribution in [3.05, 3.63) is 0 Å². The topological polar surface area (TPSA) is 40.5 Å². The molecule has 1 rings (SSSR count). The number of aliphatic hydroxyl groups excluding tert-OH is 1. The summed E-state index contributed by atoms with van der Waals surface area (Å²) in [7, 11) is 0. The van der Waals surface area contributed by atoms with Crippen LogP contribution in [0.5, 0.6) is 0 Å². The molecule has 0 spiro atoms. The number of hydrogen-bond acceptors (Lipinski definition) is 2. The van der Waals surface area contributed by atoms with Gasteiger partial charge in [0.15, 0.2) is 0 Å². The van der Waals surface area contributed by atoms with Crippen LogP contribution in [0, 0.1) is 0 Å². The van der Waals surface area contributed by atoms with Gasteiger partial charge in [0.25, 0.3) is 0 Å². The van der Waals surface area contributed by atoms with E-state index in [1.807, 2.05) is 0 Å². The molecule has 0 aromatic carbocycles. The van der Waals surface area contributed by atoms with Crippen molar-refractivity contribution in [2.45, 2.75) is 31.7 Å². The molecule has 11 heavy (non-hydrogen) atoms. The third kappa shape index (κ3) is 2.19. The fourth-order valence-corrected chi connectivity index (χ4v) is 1.67. The predicted molar refractivity (Wildman–Crippen MR) is 42.1 cm³/mol. The van der Waals surface area contributed by atoms with Crippen LogP contribution in [0.3, 0.4) is 0 Å². The number of carbonyl (C=O) groups excluding carboxylic acids is 1. The number of rotatable bonds is 4. The maximum atomic E-state index is 10.5. The Kier molecular flexibility index (Phi) is 3.36. The Balaban J connectivity index is 2.33. The van der Waals surface area contributed by atoms with Crippen molar-refractivity contribution in [3.8, 4) is 0 Å². The Labute approximate surface area is 67.0 Å². The van der Waals surface area contributed by atoms with Crippen LogP contribution in [-0.4, -0.2) is 35.6 Å². The number of nitrogens with zero attached hydrogens (tertiary/aromatic N) is 1. The zero-order valence-electron chi connectivity index (χ0n) is 6.70. The molecular formula is C8H15NO2. The lowest BCUT2D eigenvalue weighted by atomic mass is 10.2. The van der Waals surface area contributed by atoms with E-state index in [0.717, 1.165) is 19.3 Å². The summed E-state index contributed by atoms with van der Waals surface area (Å²) in [6, 6.07) is 0.402. The van der Waals surface area contributed by atoms with Crippen molar-refractivity contribution >= 4 is 6.41 Å². The van der Waals surface area contributed by atoms with Gasteiger partial charge in [-0.3, -0.25) is 4.79 Å². The highest BCUT2D eigenvalue weighted by atomic mass is 16.3. The van der Waals surface area contributed by atoms with Gasteiger partial charge in [-0.05, 0) is 12.8 Å². The van der Waals surface area contributed by atoms with Crippen molar-refractivity contribution in [1.29, 1.82) is 0 Å². The van der Waals surface area contributed by atoms with Crippen molar-refractivity contribution in [1.82, 2.24) is 4.90 Å². The van der Waals surface area contributed by atoms with E-state index in [1.54, 1.807) is 4.90 Å². The van der Waals surface area contributed by atoms with Gasteiger partial charge in [-0.25, -0.2) is 0 Å². The second-order valence-corrected chi connectivity index (χ2v) is 3.01. The first-order valence-electron chi connectivity index (χ1n) is 4.20. The van der Waals surface area contributed by atoms with Crippen LogP contribution in [-0.2, 0) is 4.79 Å². The zero-order valence-corrected chi connectivity index (χ0v) is 6.70. The average Bonchev–Trinajstić information content (AvgIpc) is 2.52. The van der Waals surface area contributed by atoms with Crippen molar-refractivity contribution < 1.29 is 9.90 Å². The third-order valence-electron chi connectivity index (χ3n) is 2.29. The quantitative estimate of drug-likeness (QED) is 0.599. The molecule has 3 heteroatoms. The van der Waals surface area contributed by atoms with Gasteiger partial charge in [0, 0.05) is 12.6 Å². The first-order valence-corrected chi connectivity index (χ1v) is 4.20. The van der Waals surface area contributed by atoms with Crippen LogP contribution in [0.15, 0.2) is 0 Å². The molecule has 0 bridgehead atoms. The minimum absolute atomic E-state index is 0.0786. The van der Waals surface area contributed by atoms with Crippen LogP contribution >= 0.6 is 0 Å². The van der Waals surface area contributed by atoms with E-state index >= 15 is 0 Å². The lowest BCUT2D eigenvalue weighted by Crippen LogP contribution is -2.34. The lowest BCUT2D eigenvalue weighted by molar-refractivity contribution is -0.120. The monoisotopic (exact) mass is 157 g/mol. The Morgan fingerprint density at radius 2 is 2.09 bits per heavy atom. The van der Waals surface area contributed by atoms with Gasteiger partial charge in [0.05, 0.1) is 6.61 Å². The SMILES string of the molecule is O=CN(CCO)C1CCCC1. The Bertz CT molecular complexity index is 121. The summed E-state index contributed by atoms with van der Waals surface area (Å²) >= 11 is 0. The highest BCUT2D eigenvalue weighted by Gasteiger charge is 2.20. The molecule has 3 nitrogen and oxygen atoms in total. The van der Waals surface area contributed by atoms with E-state index < -0.39 is 0 Å². The summed E-state index contributed by atoms with van der Waals surface area (Å²) in [5.74, 6) is 0. The summed E-state index contributed by atoms with van der Waals surface area (Å²) in [5.41, 5.74) is 0. The highest BCUT2D eigenvalue weighted by Crippen LogP contribution is 2.21. The van der Waals surface area contributed by atoms with Crippen LogP contribution in [0.25, 0.3) is 0 Å². The van der Waals surface area contributed by atoms with E-state index in [4.69, 9.17) is 5.11 Å². The molecule has 1 N–H and O–H groups in total. The molecule has 0 aromatic heterocycles. The maximum Gasteiger partial charge on any atom is 0.210 e. The molecule has 1 saturated carbocycles. The van der Waals surface area contributed by atoms with E-state index in [-0.39, 0.29) is 6.61 Å². The minimum Gasteiger partial charge on any atom is -0.395 e. The first kappa shape index (κ1) is 8.53. The minimum atomic E-state index is 0.0786. The molecule has 1 fully saturated rings. The van der Waals surface area contributed by atoms with E-state index in [0.29, 0.717) is 12.6 Å². The molecule has 1 aliphatic carbocycles. The summed E-state index contributed by atoms with van der Waals surface area (Å²) < 4.78 is 0. The summed E-state index contributed by atoms with van der Waals surface area (Å²) in [5, 5.41) is 8.63. The summed E-state index contributed by atoms with van der Waals surface area (Å²) in [6.07, 6.45) is 5.52. The van der Waals surface area contributed by atoms with Gasteiger partial charge < -0.3 is 10.0 Å². The van der Waals surface area contributed by atoms with E-state index in [9.17, 15) is 4.79 Å². The van der Waals surface area contributed by atoms with Crippen LogP contribution in [0.4, 0.5) is 0 Å². The van der Waals surface area contributed by atoms with Crippen LogP contribution in [0.1, 0.15) is 25.7 Å². The van der Waals surface area contributed by atoms with E-state index in [1.165, 1.54) is 12.8 Å². The smallest absolute Gasteiger partial charge is 0.210 e. The maximum absolute atomic E-state index is 10.5. The van der Waals surface area contributed by atoms with Crippen LogP contribution in [0.2, 0.25) is 0 Å². The Hall–Kier alpha value is -0.570. The normalized spacial score (nSPS) is 18.6. The lowest BCUT2D eigenvalue weighted by Gasteiger charge is -2.23. The molecule has 0 aromatic rings. The molecule has 1 amide bonds. The van der Waals surface area contributed by atoms with Gasteiger partial charge >= 0.3 is 0 Å². The van der Waals surface area contributed by atoms with Crippen molar-refractivity contribution in [2.75, 3.05) is 13.2 Å². The van der Waals surface area contributed by atoms with Gasteiger partial charge in [0.1, 0.15) is 0 Å². The van der Waals surface area contributed by atoms with Gasteiger partial charge in [-0.1, -0.05) is 12.8 Å². The highest BCUT2D eigenvalue weighted by molar-refractivity contribution is 5.47. The largest absolute Gasteiger partial charge is 0.395 e. The van der Waals surface area contributed by atoms with E-state index in [2.05, 4.69) is 0 Å². The first-order chi connectivity index (χ1) is 5.38. The molecule has 0 atom stereocenters. The number of amides is 1. The standard InChI is InChI=1S/C8H15NO2/c10-6-5-9(7-11)8-3-1-2-4-8/h7-8,10H,1-6H2. The molecule has 0 heterocycles. The molecule has 1 aliphatic rings. The average molecular weight is 157 g/mol. The molecule has 0 saturated heterocycles. The molecule has 64 valence electrons. The number of hydrogen-bond donors (Lipinski definition) is 1. The van der Waals surface area contributed by atoms with Crippen molar-refractivity contribution in [2.24, 2.45) is 0 Å². The second-order valence-electron chi connectivity index (χ2n) is 3.01. The Morgan fingerprint density at radius 3 is 2.55 bits per heavy atom. The van der Waals surface area contributed by atoms with Gasteiger partial charge in [-0.2, -0.15) is 0 Å². The number of aliphatic hydroxyl groups is 1. The predicted octanol–water partition coefficient (Wildman–Crippen LogP) is 0.380. The fourth-order valence-electron chi connectivity index (χ4n) is 1.67. The third-order valence-corrected chi connectivity index (χ3v) is 2.29. The molecule has 0 aliphatic heterocycles. The zero-order chi connectivity index (χ0) is 8.10. The summed E-state index contributed by atoms with van der Waals surface area (Å²) in [4.78, 5) is 12.2. The van der Waals surface area contributed by atoms with Gasteiger partial charge in [-0.15, -0.1) is 0 Å². The Morgan fingerprint density at radius 1 is 1.45 bits per heavy atom. The molecule has 0 unspecified atom stereocenters. The van der Waals surface area contributed by atoms with Crippen LogP contribution < -0.4 is 0 Å². The summed E-state index contributed by atoms with van der Waals surface area (Å²) in [6.45, 7) is 0.573. The second kappa shape index (κ2) is 4.34. The number of carbonyl (C=O) groups is 1. The van der Waals surface area contributed by atoms with Crippen molar-refractivity contribution in [3.63, 3.8) is 0 Å². The fraction of sp³-hybridized carbons (Fsp3) is 0.875. The molecular weight excluding hydrogens is 142 g/mol. The molecule has 0 radical (unpaired) electrons.